The molecule has 0 aliphatic rings. The molecule has 0 atom stereocenters. The number of anilines is 1. The second kappa shape index (κ2) is 10.9. The zero-order valence-electron chi connectivity index (χ0n) is 19.5. The van der Waals surface area contributed by atoms with Gasteiger partial charge in [-0.1, -0.05) is 61.6 Å². The Morgan fingerprint density at radius 2 is 1.78 bits per heavy atom. The van der Waals surface area contributed by atoms with Gasteiger partial charge >= 0.3 is 5.56 Å². The number of hydrogen-bond acceptors (Lipinski definition) is 5. The summed E-state index contributed by atoms with van der Waals surface area (Å²) in [5, 5.41) is 14.9. The Morgan fingerprint density at radius 1 is 1.03 bits per heavy atom. The van der Waals surface area contributed by atoms with Gasteiger partial charge in [-0.05, 0) is 44.9 Å². The Morgan fingerprint density at radius 3 is 2.47 bits per heavy atom. The Bertz CT molecular complexity index is 1100. The number of nitrogens with one attached hydrogen (secondary N) is 1. The largest absolute Gasteiger partial charge is 0.504 e. The van der Waals surface area contributed by atoms with Crippen LogP contribution in [0.1, 0.15) is 56.2 Å². The Balaban J connectivity index is 2.00. The first-order valence-electron chi connectivity index (χ1n) is 11.4. The molecule has 0 saturated carbocycles. The molecule has 3 aromatic rings. The summed E-state index contributed by atoms with van der Waals surface area (Å²) in [6.07, 6.45) is 4.56. The van der Waals surface area contributed by atoms with Crippen LogP contribution in [0.25, 0.3) is 10.9 Å². The fraction of sp³-hybridized carbons (Fsp3) is 0.423. The number of benzene rings is 2. The Hall–Kier alpha value is -3.15. The number of hydrogen-bond donors (Lipinski definition) is 2. The molecule has 0 spiro atoms. The average molecular weight is 439 g/mol. The summed E-state index contributed by atoms with van der Waals surface area (Å²) in [5.41, 5.74) is 3.98. The van der Waals surface area contributed by atoms with Crippen molar-refractivity contribution in [1.82, 2.24) is 4.73 Å². The van der Waals surface area contributed by atoms with Gasteiger partial charge in [-0.2, -0.15) is 0 Å². The molecular formula is C26H34N2O4. The van der Waals surface area contributed by atoms with E-state index < -0.39 is 5.56 Å². The van der Waals surface area contributed by atoms with Crippen LogP contribution in [-0.2, 0) is 6.61 Å². The van der Waals surface area contributed by atoms with E-state index in [2.05, 4.69) is 18.3 Å². The molecule has 0 fully saturated rings. The third kappa shape index (κ3) is 5.36. The molecule has 0 saturated heterocycles. The van der Waals surface area contributed by atoms with Crippen LogP contribution in [0, 0.1) is 13.8 Å². The van der Waals surface area contributed by atoms with E-state index in [9.17, 15) is 9.90 Å². The molecule has 2 aromatic carbocycles. The van der Waals surface area contributed by atoms with Gasteiger partial charge in [-0.15, -0.1) is 4.73 Å². The van der Waals surface area contributed by atoms with Crippen LogP contribution in [-0.4, -0.2) is 23.0 Å². The number of aromatic nitrogens is 1. The molecule has 0 aliphatic heterocycles. The van der Waals surface area contributed by atoms with Crippen molar-refractivity contribution in [3.05, 3.63) is 63.4 Å². The molecule has 32 heavy (non-hydrogen) atoms. The molecule has 1 aromatic heterocycles. The number of pyridine rings is 1. The number of unbranched alkanes of at least 4 members (excludes halogenated alkanes) is 3. The molecule has 1 heterocycles. The van der Waals surface area contributed by atoms with E-state index in [-0.39, 0.29) is 24.7 Å². The molecule has 2 N–H and O–H groups in total. The zero-order valence-corrected chi connectivity index (χ0v) is 19.5. The van der Waals surface area contributed by atoms with E-state index in [4.69, 9.17) is 9.57 Å². The molecule has 172 valence electrons. The lowest BCUT2D eigenvalue weighted by Crippen LogP contribution is -2.28. The number of aryl methyl sites for hydroxylation is 2. The zero-order chi connectivity index (χ0) is 23.1. The first-order chi connectivity index (χ1) is 15.5. The maximum atomic E-state index is 13.1. The first kappa shape index (κ1) is 23.5. The van der Waals surface area contributed by atoms with Crippen LogP contribution < -0.4 is 20.5 Å². The highest BCUT2D eigenvalue weighted by atomic mass is 16.7. The molecule has 6 heteroatoms. The van der Waals surface area contributed by atoms with E-state index in [1.807, 2.05) is 38.1 Å². The number of aromatic hydroxyl groups is 1. The minimum Gasteiger partial charge on any atom is -0.504 e. The van der Waals surface area contributed by atoms with Gasteiger partial charge < -0.3 is 20.0 Å². The summed E-state index contributed by atoms with van der Waals surface area (Å²) in [7, 11) is 0. The Labute approximate surface area is 189 Å². The van der Waals surface area contributed by atoms with Gasteiger partial charge in [0, 0.05) is 12.2 Å². The lowest BCUT2D eigenvalue weighted by atomic mass is 10.1. The number of ether oxygens (including phenoxy) is 1. The summed E-state index contributed by atoms with van der Waals surface area (Å²) in [6.45, 7) is 9.30. The monoisotopic (exact) mass is 438 g/mol. The second-order valence-corrected chi connectivity index (χ2v) is 8.17. The minimum atomic E-state index is -0.513. The normalized spacial score (nSPS) is 11.0. The van der Waals surface area contributed by atoms with E-state index in [1.165, 1.54) is 17.6 Å². The standard InChI is InChI=1S/C26H34N2O4/c1-5-7-8-9-13-27-21-11-10-12-22-23(21)24(29)25(31-6-2)26(30)28(22)32-17-20-15-18(3)14-19(4)16-20/h10-12,14-16,27,29H,5-9,13,17H2,1-4H3. The maximum absolute atomic E-state index is 13.1. The fourth-order valence-electron chi connectivity index (χ4n) is 3.99. The summed E-state index contributed by atoms with van der Waals surface area (Å²) in [6, 6.07) is 11.7. The van der Waals surface area contributed by atoms with Gasteiger partial charge in [-0.3, -0.25) is 4.79 Å². The number of fused-ring (bicyclic) bond motifs is 1. The summed E-state index contributed by atoms with van der Waals surface area (Å²) >= 11 is 0. The molecule has 0 amide bonds. The van der Waals surface area contributed by atoms with Crippen molar-refractivity contribution < 1.29 is 14.7 Å². The minimum absolute atomic E-state index is 0.0966. The summed E-state index contributed by atoms with van der Waals surface area (Å²) in [5.74, 6) is -0.254. The first-order valence-corrected chi connectivity index (χ1v) is 11.4. The number of nitrogens with zero attached hydrogens (tertiary/aromatic N) is 1. The van der Waals surface area contributed by atoms with Crippen molar-refractivity contribution in [1.29, 1.82) is 0 Å². The van der Waals surface area contributed by atoms with Crippen molar-refractivity contribution in [2.75, 3.05) is 18.5 Å². The van der Waals surface area contributed by atoms with Crippen LogP contribution in [0.5, 0.6) is 11.5 Å². The van der Waals surface area contributed by atoms with Crippen LogP contribution in [0.4, 0.5) is 5.69 Å². The topological polar surface area (TPSA) is 72.7 Å². The predicted octanol–water partition coefficient (Wildman–Crippen LogP) is 5.34. The third-order valence-corrected chi connectivity index (χ3v) is 5.37. The van der Waals surface area contributed by atoms with Crippen molar-refractivity contribution in [3.8, 4) is 11.5 Å². The van der Waals surface area contributed by atoms with Crippen molar-refractivity contribution in [2.45, 2.75) is 60.0 Å². The highest BCUT2D eigenvalue weighted by molar-refractivity contribution is 5.98. The van der Waals surface area contributed by atoms with Gasteiger partial charge in [0.25, 0.3) is 0 Å². The van der Waals surface area contributed by atoms with Crippen molar-refractivity contribution >= 4 is 16.6 Å². The van der Waals surface area contributed by atoms with E-state index >= 15 is 0 Å². The third-order valence-electron chi connectivity index (χ3n) is 5.37. The van der Waals surface area contributed by atoms with Crippen LogP contribution in [0.2, 0.25) is 0 Å². The lowest BCUT2D eigenvalue weighted by molar-refractivity contribution is 0.0960. The molecule has 0 bridgehead atoms. The number of rotatable bonds is 11. The lowest BCUT2D eigenvalue weighted by Gasteiger charge is -2.18. The molecule has 3 rings (SSSR count). The van der Waals surface area contributed by atoms with Crippen molar-refractivity contribution in [3.63, 3.8) is 0 Å². The molecule has 6 nitrogen and oxygen atoms in total. The fourth-order valence-corrected chi connectivity index (χ4v) is 3.99. The predicted molar refractivity (Wildman–Crippen MR) is 130 cm³/mol. The van der Waals surface area contributed by atoms with Gasteiger partial charge in [-0.25, -0.2) is 0 Å². The van der Waals surface area contributed by atoms with E-state index in [1.54, 1.807) is 13.0 Å². The Kier molecular flexibility index (Phi) is 8.03. The van der Waals surface area contributed by atoms with E-state index in [0.717, 1.165) is 41.8 Å². The van der Waals surface area contributed by atoms with Crippen LogP contribution in [0.15, 0.2) is 41.2 Å². The highest BCUT2D eigenvalue weighted by Crippen LogP contribution is 2.36. The van der Waals surface area contributed by atoms with Gasteiger partial charge in [0.15, 0.2) is 5.75 Å². The van der Waals surface area contributed by atoms with Crippen LogP contribution >= 0.6 is 0 Å². The molecule has 0 unspecified atom stereocenters. The molecular weight excluding hydrogens is 404 g/mol. The quantitative estimate of drug-likeness (QED) is 0.395. The smallest absolute Gasteiger partial charge is 0.329 e. The van der Waals surface area contributed by atoms with Crippen LogP contribution in [0.3, 0.4) is 0 Å². The summed E-state index contributed by atoms with van der Waals surface area (Å²) in [4.78, 5) is 19.1. The SMILES string of the molecule is CCCCCCNc1cccc2c1c(O)c(OCC)c(=O)n2OCc1cc(C)cc(C)c1. The van der Waals surface area contributed by atoms with Crippen molar-refractivity contribution in [2.24, 2.45) is 0 Å². The second-order valence-electron chi connectivity index (χ2n) is 8.17. The van der Waals surface area contributed by atoms with Gasteiger partial charge in [0.2, 0.25) is 5.75 Å². The van der Waals surface area contributed by atoms with E-state index in [0.29, 0.717) is 10.9 Å². The average Bonchev–Trinajstić information content (AvgIpc) is 2.75. The highest BCUT2D eigenvalue weighted by Gasteiger charge is 2.21. The molecule has 0 radical (unpaired) electrons. The maximum Gasteiger partial charge on any atom is 0.329 e. The summed E-state index contributed by atoms with van der Waals surface area (Å²) < 4.78 is 6.76. The van der Waals surface area contributed by atoms with Gasteiger partial charge in [0.1, 0.15) is 6.61 Å². The van der Waals surface area contributed by atoms with Gasteiger partial charge in [0.05, 0.1) is 17.5 Å². The molecule has 0 aliphatic carbocycles.